The summed E-state index contributed by atoms with van der Waals surface area (Å²) >= 11 is 0. The Bertz CT molecular complexity index is 219. The van der Waals surface area contributed by atoms with E-state index in [4.69, 9.17) is 16.6 Å². The lowest BCUT2D eigenvalue weighted by Gasteiger charge is -2.20. The van der Waals surface area contributed by atoms with Gasteiger partial charge in [-0.2, -0.15) is 0 Å². The van der Waals surface area contributed by atoms with Crippen LogP contribution in [0.3, 0.4) is 0 Å². The van der Waals surface area contributed by atoms with Crippen molar-refractivity contribution in [2.24, 2.45) is 11.5 Å². The molecular formula is C8H16N2O4. The molecule has 6 heteroatoms. The van der Waals surface area contributed by atoms with Gasteiger partial charge in [0, 0.05) is 6.54 Å². The van der Waals surface area contributed by atoms with Crippen molar-refractivity contribution in [1.29, 1.82) is 0 Å². The Morgan fingerprint density at radius 2 is 2.07 bits per heavy atom. The lowest BCUT2D eigenvalue weighted by molar-refractivity contribution is -0.160. The molecule has 0 aromatic carbocycles. The molecule has 0 aliphatic heterocycles. The van der Waals surface area contributed by atoms with Gasteiger partial charge in [-0.3, -0.25) is 0 Å². The number of aliphatic carboxylic acids is 1. The van der Waals surface area contributed by atoms with E-state index >= 15 is 0 Å². The van der Waals surface area contributed by atoms with Crippen molar-refractivity contribution in [1.82, 2.24) is 0 Å². The summed E-state index contributed by atoms with van der Waals surface area (Å²) in [4.78, 5) is 21.8. The minimum absolute atomic E-state index is 0.168. The zero-order valence-corrected chi connectivity index (χ0v) is 8.16. The van der Waals surface area contributed by atoms with Crippen LogP contribution >= 0.6 is 0 Å². The highest BCUT2D eigenvalue weighted by Crippen LogP contribution is 2.03. The summed E-state index contributed by atoms with van der Waals surface area (Å²) in [6.45, 7) is 1.61. The fourth-order valence-electron chi connectivity index (χ4n) is 0.696. The molecule has 0 rings (SSSR count). The van der Waals surface area contributed by atoms with Crippen LogP contribution in [0.1, 0.15) is 19.8 Å². The van der Waals surface area contributed by atoms with Crippen molar-refractivity contribution in [3.63, 3.8) is 0 Å². The molecule has 0 unspecified atom stereocenters. The monoisotopic (exact) mass is 204 g/mol. The first-order valence-corrected chi connectivity index (χ1v) is 4.38. The molecule has 6 nitrogen and oxygen atoms in total. The molecule has 0 bridgehead atoms. The van der Waals surface area contributed by atoms with E-state index in [1.54, 1.807) is 0 Å². The highest BCUT2D eigenvalue weighted by atomic mass is 16.5. The van der Waals surface area contributed by atoms with Crippen molar-refractivity contribution in [2.75, 3.05) is 13.2 Å². The first-order chi connectivity index (χ1) is 6.49. The number of esters is 1. The first-order valence-electron chi connectivity index (χ1n) is 4.38. The zero-order valence-electron chi connectivity index (χ0n) is 8.16. The van der Waals surface area contributed by atoms with Crippen molar-refractivity contribution >= 4 is 11.9 Å². The Balaban J connectivity index is 4.25. The maximum Gasteiger partial charge on any atom is 0.339 e. The zero-order chi connectivity index (χ0) is 11.2. The molecule has 0 heterocycles. The Labute approximate surface area is 82.2 Å². The maximum absolute atomic E-state index is 11.2. The summed E-state index contributed by atoms with van der Waals surface area (Å²) in [5.74, 6) is -2.46. The largest absolute Gasteiger partial charge is 0.479 e. The second-order valence-corrected chi connectivity index (χ2v) is 2.97. The van der Waals surface area contributed by atoms with E-state index in [0.717, 1.165) is 6.42 Å². The Morgan fingerprint density at radius 3 is 2.43 bits per heavy atom. The van der Waals surface area contributed by atoms with Crippen LogP contribution in [0.4, 0.5) is 0 Å². The molecule has 0 aromatic rings. The molecule has 0 fully saturated rings. The molecule has 0 aromatic heterocycles. The van der Waals surface area contributed by atoms with E-state index in [2.05, 4.69) is 4.74 Å². The molecule has 0 radical (unpaired) electrons. The van der Waals surface area contributed by atoms with Gasteiger partial charge in [-0.25, -0.2) is 9.59 Å². The second-order valence-electron chi connectivity index (χ2n) is 2.97. The number of unbranched alkanes of at least 4 members (excludes halogenated alkanes) is 1. The fourth-order valence-corrected chi connectivity index (χ4v) is 0.696. The lowest BCUT2D eigenvalue weighted by Crippen LogP contribution is -2.60. The summed E-state index contributed by atoms with van der Waals surface area (Å²) in [7, 11) is 0. The van der Waals surface area contributed by atoms with Crippen LogP contribution in [-0.2, 0) is 14.3 Å². The summed E-state index contributed by atoms with van der Waals surface area (Å²) in [5.41, 5.74) is 8.26. The van der Waals surface area contributed by atoms with Gasteiger partial charge < -0.3 is 21.3 Å². The van der Waals surface area contributed by atoms with Crippen LogP contribution in [0.15, 0.2) is 0 Å². The lowest BCUT2D eigenvalue weighted by atomic mass is 10.0. The Hall–Kier alpha value is -1.14. The number of ether oxygens (including phenoxy) is 1. The normalized spacial score (nSPS) is 14.5. The number of carbonyl (C=O) groups is 2. The van der Waals surface area contributed by atoms with Gasteiger partial charge in [0.25, 0.3) is 0 Å². The van der Waals surface area contributed by atoms with Crippen molar-refractivity contribution < 1.29 is 19.4 Å². The van der Waals surface area contributed by atoms with E-state index in [1.165, 1.54) is 0 Å². The predicted molar refractivity (Wildman–Crippen MR) is 49.5 cm³/mol. The molecule has 0 aliphatic carbocycles. The standard InChI is InChI=1S/C8H16N2O4/c1-2-3-4-14-7(13)8(10,5-9)6(11)12/h2-5,9-10H2,1H3,(H,11,12)/t8-/m0/s1. The van der Waals surface area contributed by atoms with E-state index in [-0.39, 0.29) is 6.61 Å². The van der Waals surface area contributed by atoms with Crippen molar-refractivity contribution in [3.05, 3.63) is 0 Å². The van der Waals surface area contributed by atoms with Gasteiger partial charge in [0.1, 0.15) is 0 Å². The SMILES string of the molecule is CCCCOC(=O)[C@](N)(CN)C(=O)O. The molecule has 82 valence electrons. The number of carboxylic acid groups (broad SMARTS) is 1. The predicted octanol–water partition coefficient (Wildman–Crippen LogP) is -0.929. The number of carboxylic acids is 1. The van der Waals surface area contributed by atoms with E-state index in [9.17, 15) is 9.59 Å². The Morgan fingerprint density at radius 1 is 1.50 bits per heavy atom. The van der Waals surface area contributed by atoms with Crippen LogP contribution in [0, 0.1) is 0 Å². The van der Waals surface area contributed by atoms with E-state index in [1.807, 2.05) is 6.92 Å². The molecule has 0 saturated carbocycles. The molecule has 0 amide bonds. The number of carbonyl (C=O) groups excluding carboxylic acids is 1. The van der Waals surface area contributed by atoms with Gasteiger partial charge in [0.2, 0.25) is 5.54 Å². The molecule has 0 aliphatic rings. The summed E-state index contributed by atoms with van der Waals surface area (Å²) in [5, 5.41) is 8.65. The molecule has 1 atom stereocenters. The third-order valence-corrected chi connectivity index (χ3v) is 1.80. The average Bonchev–Trinajstić information content (AvgIpc) is 2.16. The van der Waals surface area contributed by atoms with Gasteiger partial charge in [0.05, 0.1) is 6.61 Å². The van der Waals surface area contributed by atoms with Crippen molar-refractivity contribution in [3.8, 4) is 0 Å². The minimum Gasteiger partial charge on any atom is -0.479 e. The fraction of sp³-hybridized carbons (Fsp3) is 0.750. The van der Waals surface area contributed by atoms with Crippen LogP contribution in [0.25, 0.3) is 0 Å². The summed E-state index contributed by atoms with van der Waals surface area (Å²) < 4.78 is 4.68. The highest BCUT2D eigenvalue weighted by Gasteiger charge is 2.42. The molecule has 14 heavy (non-hydrogen) atoms. The molecule has 0 saturated heterocycles. The smallest absolute Gasteiger partial charge is 0.339 e. The second kappa shape index (κ2) is 5.56. The minimum atomic E-state index is -2.12. The van der Waals surface area contributed by atoms with Gasteiger partial charge in [-0.05, 0) is 6.42 Å². The van der Waals surface area contributed by atoms with Gasteiger partial charge >= 0.3 is 11.9 Å². The molecular weight excluding hydrogens is 188 g/mol. The average molecular weight is 204 g/mol. The molecule has 0 spiro atoms. The van der Waals surface area contributed by atoms with Crippen molar-refractivity contribution in [2.45, 2.75) is 25.3 Å². The number of rotatable bonds is 6. The highest BCUT2D eigenvalue weighted by molar-refractivity contribution is 6.04. The topological polar surface area (TPSA) is 116 Å². The number of hydrogen-bond donors (Lipinski definition) is 3. The number of hydrogen-bond acceptors (Lipinski definition) is 5. The Kier molecular flexibility index (Phi) is 5.11. The summed E-state index contributed by atoms with van der Waals surface area (Å²) in [6.07, 6.45) is 1.52. The van der Waals surface area contributed by atoms with Crippen LogP contribution in [-0.4, -0.2) is 35.7 Å². The van der Waals surface area contributed by atoms with Crippen LogP contribution < -0.4 is 11.5 Å². The number of nitrogens with two attached hydrogens (primary N) is 2. The van der Waals surface area contributed by atoms with Gasteiger partial charge in [-0.1, -0.05) is 13.3 Å². The third kappa shape index (κ3) is 2.97. The third-order valence-electron chi connectivity index (χ3n) is 1.80. The first kappa shape index (κ1) is 12.9. The summed E-state index contributed by atoms with van der Waals surface area (Å²) in [6, 6.07) is 0. The quantitative estimate of drug-likeness (QED) is 0.292. The van der Waals surface area contributed by atoms with E-state index < -0.39 is 24.0 Å². The van der Waals surface area contributed by atoms with Crippen LogP contribution in [0.5, 0.6) is 0 Å². The van der Waals surface area contributed by atoms with Gasteiger partial charge in [0.15, 0.2) is 0 Å². The van der Waals surface area contributed by atoms with E-state index in [0.29, 0.717) is 6.42 Å². The maximum atomic E-state index is 11.2. The van der Waals surface area contributed by atoms with Gasteiger partial charge in [-0.15, -0.1) is 0 Å². The van der Waals surface area contributed by atoms with Crippen LogP contribution in [0.2, 0.25) is 0 Å². The molecule has 5 N–H and O–H groups in total.